The number of anilines is 1. The molecule has 7 heteroatoms. The Balaban J connectivity index is 1.34. The van der Waals surface area contributed by atoms with Crippen LogP contribution in [0.25, 0.3) is 0 Å². The van der Waals surface area contributed by atoms with Crippen LogP contribution in [0.2, 0.25) is 0 Å². The first-order valence-electron chi connectivity index (χ1n) is 9.03. The molecule has 2 N–H and O–H groups in total. The molecule has 4 nitrogen and oxygen atoms in total. The third-order valence-corrected chi connectivity index (χ3v) is 5.56. The monoisotopic (exact) mass is 391 g/mol. The second kappa shape index (κ2) is 9.71. The second-order valence-corrected chi connectivity index (χ2v) is 7.64. The lowest BCUT2D eigenvalue weighted by molar-refractivity contribution is 0.204. The van der Waals surface area contributed by atoms with E-state index in [4.69, 9.17) is 0 Å². The highest BCUT2D eigenvalue weighted by Gasteiger charge is 2.20. The molecule has 2 aromatic rings. The van der Waals surface area contributed by atoms with E-state index in [9.17, 15) is 13.6 Å². The minimum absolute atomic E-state index is 0.126. The van der Waals surface area contributed by atoms with Gasteiger partial charge in [0.1, 0.15) is 11.6 Å². The summed E-state index contributed by atoms with van der Waals surface area (Å²) in [5.74, 6) is 0.337. The van der Waals surface area contributed by atoms with Gasteiger partial charge in [-0.05, 0) is 49.2 Å². The number of hydrogen-bond donors (Lipinski definition) is 2. The number of nitrogens with one attached hydrogen (secondary N) is 2. The van der Waals surface area contributed by atoms with Gasteiger partial charge in [-0.15, -0.1) is 11.8 Å². The predicted octanol–water partition coefficient (Wildman–Crippen LogP) is 4.34. The molecule has 0 radical (unpaired) electrons. The predicted molar refractivity (Wildman–Crippen MR) is 105 cm³/mol. The highest BCUT2D eigenvalue weighted by Crippen LogP contribution is 2.21. The summed E-state index contributed by atoms with van der Waals surface area (Å²) in [5, 5.41) is 5.68. The van der Waals surface area contributed by atoms with E-state index in [1.54, 1.807) is 12.1 Å². The molecule has 1 fully saturated rings. The van der Waals surface area contributed by atoms with Crippen LogP contribution in [0.4, 0.5) is 19.3 Å². The van der Waals surface area contributed by atoms with Gasteiger partial charge in [-0.1, -0.05) is 12.1 Å². The molecule has 144 valence electrons. The number of benzene rings is 2. The zero-order valence-electron chi connectivity index (χ0n) is 15.0. The van der Waals surface area contributed by atoms with Crippen molar-refractivity contribution in [1.82, 2.24) is 10.2 Å². The molecule has 2 amide bonds. The van der Waals surface area contributed by atoms with E-state index in [0.29, 0.717) is 10.6 Å². The smallest absolute Gasteiger partial charge is 0.319 e. The molecular formula is C20H23F2N3OS. The van der Waals surface area contributed by atoms with Gasteiger partial charge in [0.25, 0.3) is 0 Å². The molecule has 0 aliphatic carbocycles. The number of carbonyl (C=O) groups is 1. The van der Waals surface area contributed by atoms with Crippen molar-refractivity contribution < 1.29 is 13.6 Å². The van der Waals surface area contributed by atoms with Crippen LogP contribution < -0.4 is 10.6 Å². The molecular weight excluding hydrogens is 368 g/mol. The van der Waals surface area contributed by atoms with Crippen molar-refractivity contribution in [3.05, 3.63) is 60.2 Å². The molecule has 0 spiro atoms. The van der Waals surface area contributed by atoms with Gasteiger partial charge in [0.05, 0.1) is 0 Å². The average Bonchev–Trinajstić information content (AvgIpc) is 2.66. The zero-order valence-corrected chi connectivity index (χ0v) is 15.8. The molecule has 0 bridgehead atoms. The van der Waals surface area contributed by atoms with E-state index in [0.717, 1.165) is 38.2 Å². The molecule has 27 heavy (non-hydrogen) atoms. The highest BCUT2D eigenvalue weighted by atomic mass is 32.2. The average molecular weight is 391 g/mol. The van der Waals surface area contributed by atoms with Crippen LogP contribution in [0.3, 0.4) is 0 Å². The van der Waals surface area contributed by atoms with Crippen LogP contribution in [-0.4, -0.2) is 42.4 Å². The molecule has 1 heterocycles. The number of thioether (sulfide) groups is 1. The van der Waals surface area contributed by atoms with Crippen LogP contribution in [-0.2, 0) is 0 Å². The summed E-state index contributed by atoms with van der Waals surface area (Å²) in [6.45, 7) is 2.70. The van der Waals surface area contributed by atoms with Gasteiger partial charge in [0, 0.05) is 42.0 Å². The summed E-state index contributed by atoms with van der Waals surface area (Å²) in [6, 6.07) is 12.4. The maximum atomic E-state index is 13.6. The van der Waals surface area contributed by atoms with Crippen molar-refractivity contribution in [3.63, 3.8) is 0 Å². The maximum Gasteiger partial charge on any atom is 0.319 e. The van der Waals surface area contributed by atoms with Crippen molar-refractivity contribution >= 4 is 23.5 Å². The van der Waals surface area contributed by atoms with Gasteiger partial charge in [0.15, 0.2) is 0 Å². The van der Waals surface area contributed by atoms with E-state index >= 15 is 0 Å². The Morgan fingerprint density at radius 1 is 1.07 bits per heavy atom. The summed E-state index contributed by atoms with van der Waals surface area (Å²) in [6.07, 6.45) is 1.75. The Morgan fingerprint density at radius 2 is 1.78 bits per heavy atom. The first kappa shape index (κ1) is 19.6. The number of carbonyl (C=O) groups excluding carboxylic acids is 1. The van der Waals surface area contributed by atoms with Gasteiger partial charge in [-0.3, -0.25) is 0 Å². The molecule has 0 aromatic heterocycles. The van der Waals surface area contributed by atoms with Gasteiger partial charge in [-0.2, -0.15) is 0 Å². The number of likely N-dealkylation sites (tertiary alicyclic amines) is 1. The topological polar surface area (TPSA) is 44.4 Å². The standard InChI is InChI=1S/C20H23F2N3OS/c21-15-5-7-16(8-6-15)23-20(26)24-17-9-11-25(12-10-17)13-14-27-19-4-2-1-3-18(19)22/h1-8,17H,9-14H2,(H2,23,24,26). The van der Waals surface area contributed by atoms with Gasteiger partial charge in [-0.25, -0.2) is 13.6 Å². The number of halogens is 2. The largest absolute Gasteiger partial charge is 0.335 e. The number of nitrogens with zero attached hydrogens (tertiary/aromatic N) is 1. The van der Waals surface area contributed by atoms with E-state index in [2.05, 4.69) is 15.5 Å². The van der Waals surface area contributed by atoms with Crippen LogP contribution in [0.1, 0.15) is 12.8 Å². The maximum absolute atomic E-state index is 13.6. The third-order valence-electron chi connectivity index (χ3n) is 4.53. The van der Waals surface area contributed by atoms with Crippen LogP contribution >= 0.6 is 11.8 Å². The third kappa shape index (κ3) is 6.22. The van der Waals surface area contributed by atoms with E-state index in [1.807, 2.05) is 6.07 Å². The Labute approximate surface area is 162 Å². The fourth-order valence-electron chi connectivity index (χ4n) is 3.03. The van der Waals surface area contributed by atoms with E-state index in [1.165, 1.54) is 42.1 Å². The summed E-state index contributed by atoms with van der Waals surface area (Å²) in [7, 11) is 0. The van der Waals surface area contributed by atoms with Crippen molar-refractivity contribution in [3.8, 4) is 0 Å². The number of hydrogen-bond acceptors (Lipinski definition) is 3. The molecule has 0 saturated carbocycles. The summed E-state index contributed by atoms with van der Waals surface area (Å²) < 4.78 is 26.5. The number of urea groups is 1. The quantitative estimate of drug-likeness (QED) is 0.720. The number of piperidine rings is 1. The van der Waals surface area contributed by atoms with Crippen LogP contribution in [0.5, 0.6) is 0 Å². The van der Waals surface area contributed by atoms with Gasteiger partial charge < -0.3 is 15.5 Å². The van der Waals surface area contributed by atoms with E-state index < -0.39 is 0 Å². The van der Waals surface area contributed by atoms with Crippen molar-refractivity contribution in [2.75, 3.05) is 30.7 Å². The Bertz CT molecular complexity index is 749. The van der Waals surface area contributed by atoms with Crippen LogP contribution in [0.15, 0.2) is 53.4 Å². The normalized spacial score (nSPS) is 15.5. The highest BCUT2D eigenvalue weighted by molar-refractivity contribution is 7.99. The molecule has 1 aliphatic heterocycles. The first-order valence-corrected chi connectivity index (χ1v) is 10.0. The molecule has 1 saturated heterocycles. The minimum atomic E-state index is -0.332. The molecule has 1 aliphatic rings. The van der Waals surface area contributed by atoms with Gasteiger partial charge in [0.2, 0.25) is 0 Å². The first-order chi connectivity index (χ1) is 13.1. The molecule has 0 atom stereocenters. The fourth-order valence-corrected chi connectivity index (χ4v) is 3.98. The van der Waals surface area contributed by atoms with Gasteiger partial charge >= 0.3 is 6.03 Å². The summed E-state index contributed by atoms with van der Waals surface area (Å²) in [5.41, 5.74) is 0.566. The zero-order chi connectivity index (χ0) is 19.1. The lowest BCUT2D eigenvalue weighted by Gasteiger charge is -2.32. The Morgan fingerprint density at radius 3 is 2.48 bits per heavy atom. The summed E-state index contributed by atoms with van der Waals surface area (Å²) >= 11 is 1.53. The lowest BCUT2D eigenvalue weighted by Crippen LogP contribution is -2.46. The van der Waals surface area contributed by atoms with Crippen LogP contribution in [0, 0.1) is 11.6 Å². The minimum Gasteiger partial charge on any atom is -0.335 e. The second-order valence-electron chi connectivity index (χ2n) is 6.50. The molecule has 2 aromatic carbocycles. The lowest BCUT2D eigenvalue weighted by atomic mass is 10.1. The van der Waals surface area contributed by atoms with Crippen molar-refractivity contribution in [2.45, 2.75) is 23.8 Å². The number of amides is 2. The SMILES string of the molecule is O=C(Nc1ccc(F)cc1)NC1CCN(CCSc2ccccc2F)CC1. The van der Waals surface area contributed by atoms with Crippen molar-refractivity contribution in [1.29, 1.82) is 0 Å². The molecule has 3 rings (SSSR count). The van der Waals surface area contributed by atoms with Crippen molar-refractivity contribution in [2.24, 2.45) is 0 Å². The Hall–Kier alpha value is -2.12. The molecule has 0 unspecified atom stereocenters. The van der Waals surface area contributed by atoms with E-state index in [-0.39, 0.29) is 23.7 Å². The Kier molecular flexibility index (Phi) is 7.06. The fraction of sp³-hybridized carbons (Fsp3) is 0.350. The number of rotatable bonds is 6. The summed E-state index contributed by atoms with van der Waals surface area (Å²) in [4.78, 5) is 15.1.